The molecular formula is C23H21ClF2N6O2. The van der Waals surface area contributed by atoms with Crippen molar-refractivity contribution in [2.24, 2.45) is 5.11 Å². The summed E-state index contributed by atoms with van der Waals surface area (Å²) < 4.78 is 28.6. The Labute approximate surface area is 199 Å². The Bertz CT molecular complexity index is 1250. The molecule has 34 heavy (non-hydrogen) atoms. The van der Waals surface area contributed by atoms with Crippen molar-refractivity contribution in [2.75, 3.05) is 19.4 Å². The standard InChI is InChI=1S/C23H21ClF2N6O2/c1-29-20(10-31-28)14-6-18(22(27)30-9-14)12-2-3-17(19(26)7-12)23(34)32-21(11-33)13-4-15(24)8-16(25)5-13/h2-10,21,28-29,33H,11H2,1H3,(H2,27,30)(H,32,34)/b20-10-,31-28?/t21-/m1/s1. The zero-order valence-electron chi connectivity index (χ0n) is 17.9. The summed E-state index contributed by atoms with van der Waals surface area (Å²) in [5.74, 6) is -2.13. The Morgan fingerprint density at radius 1 is 1.29 bits per heavy atom. The van der Waals surface area contributed by atoms with Gasteiger partial charge in [0.05, 0.1) is 30.1 Å². The number of aromatic nitrogens is 1. The van der Waals surface area contributed by atoms with Crippen molar-refractivity contribution in [1.29, 1.82) is 5.53 Å². The van der Waals surface area contributed by atoms with Crippen LogP contribution in [0.2, 0.25) is 5.02 Å². The normalized spacial score (nSPS) is 12.2. The molecule has 1 aromatic heterocycles. The number of carbonyl (C=O) groups excluding carboxylic acids is 1. The molecule has 0 unspecified atom stereocenters. The largest absolute Gasteiger partial charge is 0.394 e. The lowest BCUT2D eigenvalue weighted by atomic mass is 10.0. The molecule has 0 aliphatic heterocycles. The summed E-state index contributed by atoms with van der Waals surface area (Å²) in [6.07, 6.45) is 2.77. The van der Waals surface area contributed by atoms with Crippen LogP contribution in [0.4, 0.5) is 14.6 Å². The second-order valence-electron chi connectivity index (χ2n) is 7.18. The number of rotatable bonds is 8. The van der Waals surface area contributed by atoms with Crippen LogP contribution < -0.4 is 16.4 Å². The Balaban J connectivity index is 1.90. The lowest BCUT2D eigenvalue weighted by Crippen LogP contribution is -2.31. The molecule has 0 radical (unpaired) electrons. The van der Waals surface area contributed by atoms with Gasteiger partial charge in [-0.2, -0.15) is 5.11 Å². The van der Waals surface area contributed by atoms with E-state index in [-0.39, 0.29) is 22.0 Å². The highest BCUT2D eigenvalue weighted by molar-refractivity contribution is 6.30. The number of anilines is 1. The first-order chi connectivity index (χ1) is 16.3. The molecule has 176 valence electrons. The number of hydrogen-bond donors (Lipinski definition) is 5. The van der Waals surface area contributed by atoms with Crippen molar-refractivity contribution in [1.82, 2.24) is 15.6 Å². The van der Waals surface area contributed by atoms with E-state index in [1.165, 1.54) is 30.6 Å². The van der Waals surface area contributed by atoms with E-state index in [1.54, 1.807) is 13.1 Å². The maximum Gasteiger partial charge on any atom is 0.254 e. The Kier molecular flexibility index (Phi) is 7.87. The van der Waals surface area contributed by atoms with Gasteiger partial charge in [0.15, 0.2) is 0 Å². The second kappa shape index (κ2) is 10.8. The first kappa shape index (κ1) is 24.7. The Morgan fingerprint density at radius 2 is 2.06 bits per heavy atom. The first-order valence-corrected chi connectivity index (χ1v) is 10.3. The number of aliphatic hydroxyl groups is 1. The van der Waals surface area contributed by atoms with E-state index >= 15 is 0 Å². The summed E-state index contributed by atoms with van der Waals surface area (Å²) >= 11 is 5.84. The number of hydrogen-bond acceptors (Lipinski definition) is 7. The third kappa shape index (κ3) is 5.53. The Morgan fingerprint density at radius 3 is 2.68 bits per heavy atom. The predicted molar refractivity (Wildman–Crippen MR) is 125 cm³/mol. The van der Waals surface area contributed by atoms with Crippen LogP contribution in [0.5, 0.6) is 0 Å². The van der Waals surface area contributed by atoms with Gasteiger partial charge in [0.2, 0.25) is 0 Å². The van der Waals surface area contributed by atoms with Crippen LogP contribution >= 0.6 is 11.6 Å². The van der Waals surface area contributed by atoms with E-state index < -0.39 is 30.2 Å². The van der Waals surface area contributed by atoms with E-state index in [2.05, 4.69) is 20.7 Å². The van der Waals surface area contributed by atoms with Gasteiger partial charge in [-0.1, -0.05) is 17.7 Å². The third-order valence-electron chi connectivity index (χ3n) is 4.99. The van der Waals surface area contributed by atoms with Crippen molar-refractivity contribution < 1.29 is 18.7 Å². The number of nitrogens with two attached hydrogens (primary N) is 1. The minimum atomic E-state index is -0.995. The molecule has 1 heterocycles. The van der Waals surface area contributed by atoms with Gasteiger partial charge in [0.1, 0.15) is 17.5 Å². The van der Waals surface area contributed by atoms with Gasteiger partial charge in [0, 0.05) is 29.4 Å². The first-order valence-electron chi connectivity index (χ1n) is 9.95. The van der Waals surface area contributed by atoms with Gasteiger partial charge in [-0.3, -0.25) is 4.79 Å². The molecule has 3 aromatic rings. The van der Waals surface area contributed by atoms with E-state index in [0.717, 1.165) is 18.2 Å². The summed E-state index contributed by atoms with van der Waals surface area (Å²) in [6, 6.07) is 8.17. The van der Waals surface area contributed by atoms with Crippen LogP contribution in [-0.4, -0.2) is 29.7 Å². The maximum absolute atomic E-state index is 14.9. The lowest BCUT2D eigenvalue weighted by Gasteiger charge is -2.18. The van der Waals surface area contributed by atoms with Gasteiger partial charge in [-0.15, -0.1) is 0 Å². The van der Waals surface area contributed by atoms with Crippen molar-refractivity contribution in [3.8, 4) is 11.1 Å². The number of aliphatic hydroxyl groups excluding tert-OH is 1. The van der Waals surface area contributed by atoms with Crippen molar-refractivity contribution in [2.45, 2.75) is 6.04 Å². The molecule has 1 atom stereocenters. The van der Waals surface area contributed by atoms with Gasteiger partial charge < -0.3 is 21.5 Å². The fraction of sp³-hybridized carbons (Fsp3) is 0.130. The Hall–Kier alpha value is -3.89. The molecule has 0 aliphatic rings. The van der Waals surface area contributed by atoms with E-state index in [0.29, 0.717) is 22.4 Å². The minimum Gasteiger partial charge on any atom is -0.394 e. The second-order valence-corrected chi connectivity index (χ2v) is 7.62. The van der Waals surface area contributed by atoms with Crippen LogP contribution in [-0.2, 0) is 0 Å². The fourth-order valence-corrected chi connectivity index (χ4v) is 3.55. The zero-order valence-corrected chi connectivity index (χ0v) is 18.7. The molecule has 0 bridgehead atoms. The summed E-state index contributed by atoms with van der Waals surface area (Å²) in [6.45, 7) is -0.549. The van der Waals surface area contributed by atoms with Crippen molar-refractivity contribution in [3.05, 3.63) is 88.2 Å². The fourth-order valence-electron chi connectivity index (χ4n) is 3.32. The number of nitrogens with zero attached hydrogens (tertiary/aromatic N) is 2. The van der Waals surface area contributed by atoms with Crippen molar-refractivity contribution in [3.63, 3.8) is 0 Å². The van der Waals surface area contributed by atoms with Crippen LogP contribution in [0.25, 0.3) is 16.8 Å². The highest BCUT2D eigenvalue weighted by Crippen LogP contribution is 2.29. The smallest absolute Gasteiger partial charge is 0.254 e. The molecular weight excluding hydrogens is 466 g/mol. The summed E-state index contributed by atoms with van der Waals surface area (Å²) in [5.41, 5.74) is 14.8. The molecule has 6 N–H and O–H groups in total. The van der Waals surface area contributed by atoms with Gasteiger partial charge in [-0.25, -0.2) is 19.3 Å². The molecule has 0 fully saturated rings. The number of nitrogen functional groups attached to an aromatic ring is 1. The van der Waals surface area contributed by atoms with Crippen LogP contribution in [0.15, 0.2) is 60.0 Å². The maximum atomic E-state index is 14.9. The molecule has 8 nitrogen and oxygen atoms in total. The SMILES string of the molecule is CN/C(=C\N=N)c1cnc(N)c(-c2ccc(C(=O)N[C@H](CO)c3cc(F)cc(Cl)c3)c(F)c2)c1. The highest BCUT2D eigenvalue weighted by atomic mass is 35.5. The molecule has 2 aromatic carbocycles. The average molecular weight is 487 g/mol. The number of benzene rings is 2. The predicted octanol–water partition coefficient (Wildman–Crippen LogP) is 4.27. The number of halogens is 3. The third-order valence-corrected chi connectivity index (χ3v) is 5.21. The summed E-state index contributed by atoms with van der Waals surface area (Å²) in [5, 5.41) is 18.3. The summed E-state index contributed by atoms with van der Waals surface area (Å²) in [7, 11) is 1.65. The molecule has 3 rings (SSSR count). The van der Waals surface area contributed by atoms with E-state index in [9.17, 15) is 18.7 Å². The molecule has 0 aliphatic carbocycles. The van der Waals surface area contributed by atoms with E-state index in [1.807, 2.05) is 0 Å². The summed E-state index contributed by atoms with van der Waals surface area (Å²) in [4.78, 5) is 16.8. The molecule has 0 spiro atoms. The number of amides is 1. The zero-order chi connectivity index (χ0) is 24.8. The quantitative estimate of drug-likeness (QED) is 0.303. The van der Waals surface area contributed by atoms with Crippen LogP contribution in [0.1, 0.15) is 27.5 Å². The van der Waals surface area contributed by atoms with E-state index in [4.69, 9.17) is 22.9 Å². The molecule has 0 saturated heterocycles. The van der Waals surface area contributed by atoms with Crippen molar-refractivity contribution >= 4 is 29.0 Å². The van der Waals surface area contributed by atoms with Crippen LogP contribution in [0.3, 0.4) is 0 Å². The molecule has 1 amide bonds. The molecule has 0 saturated carbocycles. The van der Waals surface area contributed by atoms with Gasteiger partial charge >= 0.3 is 0 Å². The van der Waals surface area contributed by atoms with Gasteiger partial charge in [0.25, 0.3) is 5.91 Å². The molecule has 11 heteroatoms. The monoisotopic (exact) mass is 486 g/mol. The lowest BCUT2D eigenvalue weighted by molar-refractivity contribution is 0.0912. The van der Waals surface area contributed by atoms with Crippen LogP contribution in [0, 0.1) is 17.2 Å². The number of nitrogens with one attached hydrogen (secondary N) is 3. The topological polar surface area (TPSA) is 136 Å². The number of pyridine rings is 1. The highest BCUT2D eigenvalue weighted by Gasteiger charge is 2.20. The number of carbonyl (C=O) groups is 1. The average Bonchev–Trinajstić information content (AvgIpc) is 2.80. The van der Waals surface area contributed by atoms with Gasteiger partial charge in [-0.05, 0) is 47.5 Å². The minimum absolute atomic E-state index is 0.0966.